The third-order valence-corrected chi connectivity index (χ3v) is 8.36. The summed E-state index contributed by atoms with van der Waals surface area (Å²) in [6.45, 7) is 7.54. The summed E-state index contributed by atoms with van der Waals surface area (Å²) < 4.78 is 25.3. The Morgan fingerprint density at radius 1 is 1.14 bits per heavy atom. The van der Waals surface area contributed by atoms with Crippen LogP contribution >= 0.6 is 11.6 Å². The molecule has 1 aromatic heterocycles. The molecule has 3 aliphatic heterocycles. The van der Waals surface area contributed by atoms with Crippen LogP contribution in [0, 0.1) is 29.5 Å². The normalized spacial score (nSPS) is 24.2. The fourth-order valence-electron chi connectivity index (χ4n) is 5.86. The second-order valence-electron chi connectivity index (χ2n) is 11.4. The number of nitrogens with zero attached hydrogens (tertiary/aromatic N) is 4. The Morgan fingerprint density at radius 2 is 1.93 bits per heavy atom. The lowest BCUT2D eigenvalue weighted by molar-refractivity contribution is -0.116. The number of halogens is 2. The molecule has 6 rings (SSSR count). The molecule has 2 N–H and O–H groups in total. The number of hydrogen-bond acceptors (Lipinski definition) is 8. The van der Waals surface area contributed by atoms with Crippen molar-refractivity contribution in [3.8, 4) is 11.8 Å². The summed E-state index contributed by atoms with van der Waals surface area (Å²) >= 11 is 5.99. The standard InChI is InChI=1S/C32H34ClFN6O3/c1-20-15-39(2)16-22(20)6-5-21-12-28-24(32(36-19-35-28)37-23-7-8-26(34)25(33)13-23)14-27(21)38-31(41)4-3-9-40-17-29-30(18-40)43-11-10-42-29/h3-4,7-8,12-14,19-20,22,29-30H,9-11,15-18H2,1-2H3,(H,38,41)(H,35,36,37)/b4-3+. The molecule has 3 aromatic rings. The summed E-state index contributed by atoms with van der Waals surface area (Å²) in [5, 5.41) is 6.88. The van der Waals surface area contributed by atoms with Crippen LogP contribution in [0.2, 0.25) is 5.02 Å². The zero-order chi connectivity index (χ0) is 29.9. The van der Waals surface area contributed by atoms with Crippen molar-refractivity contribution >= 4 is 45.6 Å². The van der Waals surface area contributed by atoms with Crippen molar-refractivity contribution in [2.75, 3.05) is 63.6 Å². The molecule has 3 saturated heterocycles. The van der Waals surface area contributed by atoms with Crippen molar-refractivity contribution in [2.45, 2.75) is 19.1 Å². The van der Waals surface area contributed by atoms with E-state index in [9.17, 15) is 9.18 Å². The molecular weight excluding hydrogens is 571 g/mol. The highest BCUT2D eigenvalue weighted by molar-refractivity contribution is 6.31. The van der Waals surface area contributed by atoms with E-state index in [-0.39, 0.29) is 29.1 Å². The molecule has 2 aromatic carbocycles. The number of carbonyl (C=O) groups excluding carboxylic acids is 1. The lowest BCUT2D eigenvalue weighted by Crippen LogP contribution is -2.36. The molecule has 4 atom stereocenters. The zero-order valence-corrected chi connectivity index (χ0v) is 24.9. The first kappa shape index (κ1) is 29.5. The largest absolute Gasteiger partial charge is 0.372 e. The van der Waals surface area contributed by atoms with Crippen molar-refractivity contribution < 1.29 is 18.7 Å². The van der Waals surface area contributed by atoms with Gasteiger partial charge in [0.1, 0.15) is 18.0 Å². The van der Waals surface area contributed by atoms with E-state index >= 15 is 0 Å². The first-order chi connectivity index (χ1) is 20.8. The maximum atomic E-state index is 13.7. The van der Waals surface area contributed by atoms with E-state index in [1.165, 1.54) is 18.5 Å². The smallest absolute Gasteiger partial charge is 0.248 e. The molecule has 9 nitrogen and oxygen atoms in total. The SMILES string of the molecule is CC1CN(C)CC1C#Cc1cc2ncnc(Nc3ccc(F)c(Cl)c3)c2cc1NC(=O)/C=C/CN1CC2OCCOC2C1. The number of aromatic nitrogens is 2. The third kappa shape index (κ3) is 6.98. The summed E-state index contributed by atoms with van der Waals surface area (Å²) in [6.07, 6.45) is 5.03. The highest BCUT2D eigenvalue weighted by Gasteiger charge is 2.35. The molecule has 0 spiro atoms. The van der Waals surface area contributed by atoms with Crippen LogP contribution in [0.4, 0.5) is 21.6 Å². The van der Waals surface area contributed by atoms with Crippen molar-refractivity contribution in [3.05, 3.63) is 65.2 Å². The van der Waals surface area contributed by atoms with E-state index in [2.05, 4.69) is 56.2 Å². The Morgan fingerprint density at radius 3 is 2.65 bits per heavy atom. The van der Waals surface area contributed by atoms with Gasteiger partial charge in [-0.05, 0) is 43.3 Å². The second-order valence-corrected chi connectivity index (χ2v) is 11.8. The predicted octanol–water partition coefficient (Wildman–Crippen LogP) is 4.31. The molecule has 0 saturated carbocycles. The van der Waals surface area contributed by atoms with Crippen molar-refractivity contribution in [1.29, 1.82) is 0 Å². The monoisotopic (exact) mass is 604 g/mol. The van der Waals surface area contributed by atoms with E-state index < -0.39 is 5.82 Å². The fourth-order valence-corrected chi connectivity index (χ4v) is 6.04. The van der Waals surface area contributed by atoms with Gasteiger partial charge in [-0.1, -0.05) is 36.4 Å². The van der Waals surface area contributed by atoms with Gasteiger partial charge in [-0.15, -0.1) is 0 Å². The number of ether oxygens (including phenoxy) is 2. The molecule has 0 aliphatic carbocycles. The summed E-state index contributed by atoms with van der Waals surface area (Å²) in [5.74, 6) is 7.15. The summed E-state index contributed by atoms with van der Waals surface area (Å²) in [6, 6.07) is 8.04. The third-order valence-electron chi connectivity index (χ3n) is 8.07. The van der Waals surface area contributed by atoms with Gasteiger partial charge in [0.25, 0.3) is 0 Å². The minimum Gasteiger partial charge on any atom is -0.372 e. The number of rotatable bonds is 6. The highest BCUT2D eigenvalue weighted by atomic mass is 35.5. The van der Waals surface area contributed by atoms with Crippen LogP contribution in [-0.2, 0) is 14.3 Å². The molecule has 224 valence electrons. The van der Waals surface area contributed by atoms with Crippen molar-refractivity contribution in [3.63, 3.8) is 0 Å². The van der Waals surface area contributed by atoms with Gasteiger partial charge in [-0.2, -0.15) is 0 Å². The van der Waals surface area contributed by atoms with Crippen LogP contribution < -0.4 is 10.6 Å². The predicted molar refractivity (Wildman–Crippen MR) is 165 cm³/mol. The summed E-state index contributed by atoms with van der Waals surface area (Å²) in [4.78, 5) is 26.5. The highest BCUT2D eigenvalue weighted by Crippen LogP contribution is 2.30. The maximum Gasteiger partial charge on any atom is 0.248 e. The minimum atomic E-state index is -0.506. The number of benzene rings is 2. The topological polar surface area (TPSA) is 91.9 Å². The Bertz CT molecular complexity index is 1590. The lowest BCUT2D eigenvalue weighted by atomic mass is 9.98. The number of likely N-dealkylation sites (tertiary alicyclic amines) is 2. The Hall–Kier alpha value is -3.59. The Kier molecular flexibility index (Phi) is 8.88. The maximum absolute atomic E-state index is 13.7. The number of carbonyl (C=O) groups is 1. The minimum absolute atomic E-state index is 0.000179. The molecule has 3 fully saturated rings. The lowest BCUT2D eigenvalue weighted by Gasteiger charge is -2.24. The molecule has 11 heteroatoms. The number of hydrogen-bond donors (Lipinski definition) is 2. The number of amides is 1. The van der Waals surface area contributed by atoms with Gasteiger partial charge in [-0.25, -0.2) is 14.4 Å². The van der Waals surface area contributed by atoms with Crippen molar-refractivity contribution in [2.24, 2.45) is 11.8 Å². The van der Waals surface area contributed by atoms with Gasteiger partial charge >= 0.3 is 0 Å². The molecule has 43 heavy (non-hydrogen) atoms. The Balaban J connectivity index is 1.25. The quantitative estimate of drug-likeness (QED) is 0.318. The van der Waals surface area contributed by atoms with Gasteiger partial charge in [0.15, 0.2) is 0 Å². The number of nitrogens with one attached hydrogen (secondary N) is 2. The van der Waals surface area contributed by atoms with Gasteiger partial charge in [0, 0.05) is 55.8 Å². The van der Waals surface area contributed by atoms with Gasteiger partial charge in [0.05, 0.1) is 47.2 Å². The first-order valence-corrected chi connectivity index (χ1v) is 14.8. The molecule has 0 bridgehead atoms. The Labute approximate surface area is 255 Å². The van der Waals surface area contributed by atoms with Crippen LogP contribution in [0.15, 0.2) is 48.8 Å². The second kappa shape index (κ2) is 13.0. The number of fused-ring (bicyclic) bond motifs is 2. The van der Waals surface area contributed by atoms with Crippen LogP contribution in [0.25, 0.3) is 10.9 Å². The van der Waals surface area contributed by atoms with E-state index in [1.54, 1.807) is 12.1 Å². The first-order valence-electron chi connectivity index (χ1n) is 14.5. The van der Waals surface area contributed by atoms with Crippen LogP contribution in [0.5, 0.6) is 0 Å². The number of anilines is 3. The molecule has 0 radical (unpaired) electrons. The van der Waals surface area contributed by atoms with E-state index in [0.717, 1.165) is 26.2 Å². The average Bonchev–Trinajstić information content (AvgIpc) is 3.55. The van der Waals surface area contributed by atoms with Crippen LogP contribution in [-0.4, -0.2) is 90.9 Å². The van der Waals surface area contributed by atoms with E-state index in [0.29, 0.717) is 59.3 Å². The van der Waals surface area contributed by atoms with Crippen LogP contribution in [0.3, 0.4) is 0 Å². The van der Waals surface area contributed by atoms with Gasteiger partial charge < -0.3 is 25.0 Å². The molecule has 1 amide bonds. The molecule has 3 aliphatic rings. The van der Waals surface area contributed by atoms with E-state index in [4.69, 9.17) is 21.1 Å². The zero-order valence-electron chi connectivity index (χ0n) is 24.1. The molecule has 4 unspecified atom stereocenters. The van der Waals surface area contributed by atoms with E-state index in [1.807, 2.05) is 18.2 Å². The van der Waals surface area contributed by atoms with Crippen molar-refractivity contribution in [1.82, 2.24) is 19.8 Å². The van der Waals surface area contributed by atoms with Gasteiger partial charge in [0.2, 0.25) is 5.91 Å². The summed E-state index contributed by atoms with van der Waals surface area (Å²) in [7, 11) is 2.10. The fraction of sp³-hybridized carbons (Fsp3) is 0.406. The summed E-state index contributed by atoms with van der Waals surface area (Å²) in [5.41, 5.74) is 2.45. The van der Waals surface area contributed by atoms with Gasteiger partial charge in [-0.3, -0.25) is 9.69 Å². The van der Waals surface area contributed by atoms with Crippen LogP contribution in [0.1, 0.15) is 12.5 Å². The molecule has 4 heterocycles. The average molecular weight is 605 g/mol. The molecular formula is C32H34ClFN6O3.